The van der Waals surface area contributed by atoms with Gasteiger partial charge in [-0.25, -0.2) is 4.79 Å². The van der Waals surface area contributed by atoms with Crippen molar-refractivity contribution in [1.82, 2.24) is 14.5 Å². The molecule has 1 heterocycles. The molecule has 0 saturated heterocycles. The number of para-hydroxylation sites is 1. The summed E-state index contributed by atoms with van der Waals surface area (Å²) in [6, 6.07) is 5.70. The molecule has 0 aliphatic carbocycles. The quantitative estimate of drug-likeness (QED) is 0.530. The van der Waals surface area contributed by atoms with E-state index in [4.69, 9.17) is 5.73 Å². The van der Waals surface area contributed by atoms with E-state index in [9.17, 15) is 19.2 Å². The summed E-state index contributed by atoms with van der Waals surface area (Å²) >= 11 is 0. The molecule has 0 saturated carbocycles. The Morgan fingerprint density at radius 2 is 1.75 bits per heavy atom. The first-order valence-corrected chi connectivity index (χ1v) is 10.5. The van der Waals surface area contributed by atoms with E-state index < -0.39 is 11.2 Å². The number of unbranched alkanes of at least 4 members (excludes halogenated alkanes) is 1. The molecule has 2 rings (SSSR count). The van der Waals surface area contributed by atoms with Gasteiger partial charge >= 0.3 is 5.69 Å². The minimum atomic E-state index is -0.661. The number of nitrogens with two attached hydrogens (primary N) is 1. The zero-order valence-corrected chi connectivity index (χ0v) is 19.3. The molecule has 0 unspecified atom stereocenters. The zero-order valence-electron chi connectivity index (χ0n) is 19.3. The highest BCUT2D eigenvalue weighted by Gasteiger charge is 2.21. The molecule has 32 heavy (non-hydrogen) atoms. The summed E-state index contributed by atoms with van der Waals surface area (Å²) in [6.07, 6.45) is 1.57. The van der Waals surface area contributed by atoms with Crippen molar-refractivity contribution in [3.63, 3.8) is 0 Å². The van der Waals surface area contributed by atoms with E-state index in [0.717, 1.165) is 29.7 Å². The highest BCUT2D eigenvalue weighted by Crippen LogP contribution is 2.19. The van der Waals surface area contributed by atoms with Crippen molar-refractivity contribution < 1.29 is 9.59 Å². The highest BCUT2D eigenvalue weighted by molar-refractivity contribution is 5.96. The number of carbonyl (C=O) groups excluding carboxylic acids is 2. The fourth-order valence-electron chi connectivity index (χ4n) is 3.38. The number of aryl methyl sites for hydroxylation is 2. The molecule has 1 aromatic carbocycles. The zero-order chi connectivity index (χ0) is 24.0. The maximum atomic E-state index is 12.7. The molecule has 10 nitrogen and oxygen atoms in total. The first kappa shape index (κ1) is 24.7. The number of aromatic amines is 1. The van der Waals surface area contributed by atoms with Crippen molar-refractivity contribution in [2.75, 3.05) is 43.1 Å². The summed E-state index contributed by atoms with van der Waals surface area (Å²) in [4.78, 5) is 54.5. The van der Waals surface area contributed by atoms with Crippen LogP contribution in [0.4, 0.5) is 17.2 Å². The predicted octanol–water partition coefficient (Wildman–Crippen LogP) is 1.07. The van der Waals surface area contributed by atoms with Crippen molar-refractivity contribution in [3.8, 4) is 0 Å². The molecule has 0 fully saturated rings. The molecule has 174 valence electrons. The molecule has 0 bridgehead atoms. The van der Waals surface area contributed by atoms with Crippen molar-refractivity contribution in [2.24, 2.45) is 0 Å². The van der Waals surface area contributed by atoms with Gasteiger partial charge in [0.1, 0.15) is 11.5 Å². The van der Waals surface area contributed by atoms with Crippen LogP contribution in [0.15, 0.2) is 27.8 Å². The van der Waals surface area contributed by atoms with Crippen molar-refractivity contribution in [3.05, 3.63) is 50.2 Å². The minimum absolute atomic E-state index is 0.0120. The highest BCUT2D eigenvalue weighted by atomic mass is 16.2. The number of nitrogen functional groups attached to an aromatic ring is 1. The van der Waals surface area contributed by atoms with Gasteiger partial charge < -0.3 is 20.9 Å². The molecule has 10 heteroatoms. The Morgan fingerprint density at radius 3 is 2.34 bits per heavy atom. The molecular formula is C22H32N6O4. The third-order valence-electron chi connectivity index (χ3n) is 5.26. The normalized spacial score (nSPS) is 10.7. The lowest BCUT2D eigenvalue weighted by Gasteiger charge is -2.24. The van der Waals surface area contributed by atoms with Crippen molar-refractivity contribution in [2.45, 2.75) is 40.2 Å². The molecule has 0 aliphatic rings. The molecule has 1 aromatic heterocycles. The van der Waals surface area contributed by atoms with Crippen LogP contribution in [0.3, 0.4) is 0 Å². The maximum Gasteiger partial charge on any atom is 0.330 e. The Morgan fingerprint density at radius 1 is 1.12 bits per heavy atom. The van der Waals surface area contributed by atoms with Crippen LogP contribution in [0, 0.1) is 13.8 Å². The molecular weight excluding hydrogens is 412 g/mol. The van der Waals surface area contributed by atoms with Gasteiger partial charge in [0.25, 0.3) is 5.56 Å². The molecule has 0 atom stereocenters. The number of anilines is 3. The second-order valence-corrected chi connectivity index (χ2v) is 7.92. The number of hydrogen-bond acceptors (Lipinski definition) is 6. The number of hydrogen-bond donors (Lipinski definition) is 3. The Kier molecular flexibility index (Phi) is 8.22. The van der Waals surface area contributed by atoms with Gasteiger partial charge in [-0.15, -0.1) is 0 Å². The monoisotopic (exact) mass is 444 g/mol. The summed E-state index contributed by atoms with van der Waals surface area (Å²) in [5.74, 6) is -0.696. The Bertz CT molecular complexity index is 1080. The van der Waals surface area contributed by atoms with Gasteiger partial charge in [0.05, 0.1) is 13.1 Å². The van der Waals surface area contributed by atoms with Crippen LogP contribution >= 0.6 is 0 Å². The van der Waals surface area contributed by atoms with Gasteiger partial charge in [-0.1, -0.05) is 31.5 Å². The number of amides is 2. The Labute approximate surface area is 187 Å². The van der Waals surface area contributed by atoms with Crippen molar-refractivity contribution in [1.29, 1.82) is 0 Å². The molecule has 0 spiro atoms. The van der Waals surface area contributed by atoms with Crippen LogP contribution in [0.2, 0.25) is 0 Å². The fourth-order valence-corrected chi connectivity index (χ4v) is 3.38. The van der Waals surface area contributed by atoms with E-state index in [2.05, 4.69) is 10.3 Å². The average Bonchev–Trinajstić information content (AvgIpc) is 2.70. The van der Waals surface area contributed by atoms with Gasteiger partial charge in [0, 0.05) is 26.3 Å². The van der Waals surface area contributed by atoms with Gasteiger partial charge in [0.2, 0.25) is 11.8 Å². The first-order chi connectivity index (χ1) is 15.1. The van der Waals surface area contributed by atoms with Crippen LogP contribution in [0.5, 0.6) is 0 Å². The standard InChI is InChI=1S/C22H32N6O4/c1-6-7-11-28-20(23)19(21(31)25-22(28)32)27(5)13-17(30)26(4)12-16(29)24-18-14(2)9-8-10-15(18)3/h8-10H,6-7,11-13,23H2,1-5H3,(H,24,29)(H,25,31,32). The van der Waals surface area contributed by atoms with Gasteiger partial charge in [-0.2, -0.15) is 0 Å². The third kappa shape index (κ3) is 5.77. The third-order valence-corrected chi connectivity index (χ3v) is 5.26. The number of likely N-dealkylation sites (N-methyl/N-ethyl adjacent to an activating group) is 2. The summed E-state index contributed by atoms with van der Waals surface area (Å²) in [7, 11) is 3.05. The number of rotatable bonds is 9. The summed E-state index contributed by atoms with van der Waals surface area (Å²) in [6.45, 7) is 5.80. The van der Waals surface area contributed by atoms with Crippen LogP contribution in [0.25, 0.3) is 0 Å². The number of aromatic nitrogens is 2. The van der Waals surface area contributed by atoms with E-state index in [1.165, 1.54) is 28.5 Å². The van der Waals surface area contributed by atoms with E-state index in [0.29, 0.717) is 6.54 Å². The Balaban J connectivity index is 2.09. The molecule has 2 amide bonds. The van der Waals surface area contributed by atoms with E-state index >= 15 is 0 Å². The van der Waals surface area contributed by atoms with Crippen LogP contribution in [0.1, 0.15) is 30.9 Å². The number of carbonyl (C=O) groups is 2. The van der Waals surface area contributed by atoms with Crippen molar-refractivity contribution >= 4 is 29.0 Å². The SMILES string of the molecule is CCCCn1c(N)c(N(C)CC(=O)N(C)CC(=O)Nc2c(C)cccc2C)c(=O)[nH]c1=O. The number of H-pyrrole nitrogens is 1. The largest absolute Gasteiger partial charge is 0.383 e. The maximum absolute atomic E-state index is 12.7. The number of nitrogens with one attached hydrogen (secondary N) is 2. The summed E-state index contributed by atoms with van der Waals surface area (Å²) < 4.78 is 1.29. The topological polar surface area (TPSA) is 134 Å². The fraction of sp³-hybridized carbons (Fsp3) is 0.455. The smallest absolute Gasteiger partial charge is 0.330 e. The lowest BCUT2D eigenvalue weighted by atomic mass is 10.1. The molecule has 0 radical (unpaired) electrons. The van der Waals surface area contributed by atoms with Crippen LogP contribution < -0.4 is 27.2 Å². The van der Waals surface area contributed by atoms with Crippen LogP contribution in [-0.4, -0.2) is 53.5 Å². The summed E-state index contributed by atoms with van der Waals surface area (Å²) in [5.41, 5.74) is 7.48. The molecule has 2 aromatic rings. The summed E-state index contributed by atoms with van der Waals surface area (Å²) in [5, 5.41) is 2.84. The van der Waals surface area contributed by atoms with Gasteiger partial charge in [-0.05, 0) is 31.4 Å². The van der Waals surface area contributed by atoms with E-state index in [-0.39, 0.29) is 36.4 Å². The molecule has 4 N–H and O–H groups in total. The number of benzene rings is 1. The second-order valence-electron chi connectivity index (χ2n) is 7.92. The second kappa shape index (κ2) is 10.7. The average molecular weight is 445 g/mol. The lowest BCUT2D eigenvalue weighted by molar-refractivity contribution is -0.132. The minimum Gasteiger partial charge on any atom is -0.383 e. The molecule has 0 aliphatic heterocycles. The Hall–Kier alpha value is -3.56. The predicted molar refractivity (Wildman–Crippen MR) is 126 cm³/mol. The first-order valence-electron chi connectivity index (χ1n) is 10.5. The van der Waals surface area contributed by atoms with Crippen LogP contribution in [-0.2, 0) is 16.1 Å². The van der Waals surface area contributed by atoms with E-state index in [1.807, 2.05) is 39.0 Å². The van der Waals surface area contributed by atoms with Gasteiger partial charge in [-0.3, -0.25) is 23.9 Å². The van der Waals surface area contributed by atoms with Gasteiger partial charge in [0.15, 0.2) is 0 Å². The number of nitrogens with zero attached hydrogens (tertiary/aromatic N) is 3. The lowest BCUT2D eigenvalue weighted by Crippen LogP contribution is -2.43. The van der Waals surface area contributed by atoms with E-state index in [1.54, 1.807) is 0 Å².